The van der Waals surface area contributed by atoms with Gasteiger partial charge >= 0.3 is 12.0 Å². The van der Waals surface area contributed by atoms with E-state index in [1.807, 2.05) is 13.8 Å². The zero-order chi connectivity index (χ0) is 28.0. The number of aliphatic carboxylic acids is 1. The lowest BCUT2D eigenvalue weighted by molar-refractivity contribution is -0.304. The molecule has 1 aliphatic carbocycles. The van der Waals surface area contributed by atoms with Gasteiger partial charge in [-0.2, -0.15) is 0 Å². The van der Waals surface area contributed by atoms with Crippen molar-refractivity contribution in [3.63, 3.8) is 0 Å². The molecular formula is C28H51N3O6. The number of nitrogens with two attached hydrogens (primary N) is 1. The van der Waals surface area contributed by atoms with E-state index in [2.05, 4.69) is 26.1 Å². The van der Waals surface area contributed by atoms with E-state index in [0.717, 1.165) is 44.9 Å². The number of hydrogen-bond donors (Lipinski definition) is 3. The van der Waals surface area contributed by atoms with E-state index < -0.39 is 40.8 Å². The lowest BCUT2D eigenvalue weighted by Gasteiger charge is -2.53. The molecule has 0 spiro atoms. The summed E-state index contributed by atoms with van der Waals surface area (Å²) in [6.07, 6.45) is 6.71. The summed E-state index contributed by atoms with van der Waals surface area (Å²) in [6.45, 7) is 13.8. The monoisotopic (exact) mass is 525 g/mol. The Morgan fingerprint density at radius 2 is 1.70 bits per heavy atom. The molecule has 214 valence electrons. The molecule has 0 radical (unpaired) electrons. The Labute approximate surface area is 223 Å². The van der Waals surface area contributed by atoms with Crippen molar-refractivity contribution in [1.29, 1.82) is 0 Å². The molecule has 9 nitrogen and oxygen atoms in total. The van der Waals surface area contributed by atoms with Crippen LogP contribution in [0.15, 0.2) is 0 Å². The van der Waals surface area contributed by atoms with Crippen LogP contribution in [0.2, 0.25) is 0 Å². The van der Waals surface area contributed by atoms with Crippen LogP contribution in [0.25, 0.3) is 0 Å². The van der Waals surface area contributed by atoms with Crippen molar-refractivity contribution in [1.82, 2.24) is 10.2 Å². The van der Waals surface area contributed by atoms with E-state index in [1.54, 1.807) is 18.7 Å². The number of nitrogens with one attached hydrogen (secondary N) is 1. The van der Waals surface area contributed by atoms with Crippen LogP contribution in [-0.4, -0.2) is 64.5 Å². The van der Waals surface area contributed by atoms with Crippen LogP contribution < -0.4 is 11.1 Å². The highest BCUT2D eigenvalue weighted by atomic mass is 16.7. The van der Waals surface area contributed by atoms with Crippen molar-refractivity contribution < 1.29 is 29.0 Å². The molecule has 2 aliphatic rings. The largest absolute Gasteiger partial charge is 0.481 e. The van der Waals surface area contributed by atoms with Gasteiger partial charge in [0.05, 0.1) is 18.1 Å². The molecule has 3 atom stereocenters. The SMILES string of the molecule is CCCCCC(C(C)C)N(C(N)=O)C1(C(CNC(=O)C2OC(C)(C)OCC2(C)C)C(=O)O)CCCCC1. The third-order valence-electron chi connectivity index (χ3n) is 8.21. The molecule has 1 aliphatic heterocycles. The number of ether oxygens (including phenoxy) is 2. The molecule has 2 rings (SSSR count). The number of carbonyl (C=O) groups excluding carboxylic acids is 2. The van der Waals surface area contributed by atoms with Crippen molar-refractivity contribution in [3.05, 3.63) is 0 Å². The van der Waals surface area contributed by atoms with E-state index in [-0.39, 0.29) is 24.4 Å². The second kappa shape index (κ2) is 12.8. The Morgan fingerprint density at radius 3 is 2.22 bits per heavy atom. The predicted molar refractivity (Wildman–Crippen MR) is 143 cm³/mol. The number of unbranched alkanes of at least 4 members (excludes halogenated alkanes) is 2. The maximum absolute atomic E-state index is 13.3. The first-order valence-electron chi connectivity index (χ1n) is 14.1. The van der Waals surface area contributed by atoms with E-state index in [4.69, 9.17) is 15.2 Å². The molecule has 3 amide bonds. The number of urea groups is 1. The number of amides is 3. The zero-order valence-corrected chi connectivity index (χ0v) is 24.1. The van der Waals surface area contributed by atoms with Gasteiger partial charge in [-0.1, -0.05) is 73.1 Å². The average Bonchev–Trinajstić information content (AvgIpc) is 2.80. The van der Waals surface area contributed by atoms with Crippen molar-refractivity contribution in [2.75, 3.05) is 13.2 Å². The number of primary amides is 1. The summed E-state index contributed by atoms with van der Waals surface area (Å²) in [5, 5.41) is 13.4. The van der Waals surface area contributed by atoms with Crippen LogP contribution in [0.5, 0.6) is 0 Å². The molecular weight excluding hydrogens is 474 g/mol. The van der Waals surface area contributed by atoms with Gasteiger partial charge in [-0.05, 0) is 39.0 Å². The van der Waals surface area contributed by atoms with Crippen molar-refractivity contribution in [2.45, 2.75) is 130 Å². The number of carboxylic acids is 1. The molecule has 37 heavy (non-hydrogen) atoms. The second-order valence-electron chi connectivity index (χ2n) is 12.5. The minimum absolute atomic E-state index is 0.102. The summed E-state index contributed by atoms with van der Waals surface area (Å²) in [5.74, 6) is -3.19. The lowest BCUT2D eigenvalue weighted by atomic mass is 9.69. The van der Waals surface area contributed by atoms with Gasteiger partial charge < -0.3 is 30.5 Å². The number of rotatable bonds is 12. The van der Waals surface area contributed by atoms with Crippen molar-refractivity contribution in [2.24, 2.45) is 23.0 Å². The first-order chi connectivity index (χ1) is 17.2. The summed E-state index contributed by atoms with van der Waals surface area (Å²) in [6, 6.07) is -0.747. The third kappa shape index (κ3) is 7.59. The summed E-state index contributed by atoms with van der Waals surface area (Å²) < 4.78 is 11.7. The Kier molecular flexibility index (Phi) is 10.8. The Hall–Kier alpha value is -1.87. The molecule has 3 unspecified atom stereocenters. The smallest absolute Gasteiger partial charge is 0.315 e. The van der Waals surface area contributed by atoms with Gasteiger partial charge in [0.1, 0.15) is 6.10 Å². The summed E-state index contributed by atoms with van der Waals surface area (Å²) in [4.78, 5) is 41.0. The maximum Gasteiger partial charge on any atom is 0.315 e. The van der Waals surface area contributed by atoms with Crippen LogP contribution >= 0.6 is 0 Å². The van der Waals surface area contributed by atoms with Gasteiger partial charge in [0.15, 0.2) is 5.79 Å². The van der Waals surface area contributed by atoms with E-state index in [9.17, 15) is 19.5 Å². The van der Waals surface area contributed by atoms with Gasteiger partial charge in [-0.25, -0.2) is 4.79 Å². The van der Waals surface area contributed by atoms with Crippen LogP contribution in [-0.2, 0) is 19.1 Å². The van der Waals surface area contributed by atoms with E-state index in [0.29, 0.717) is 19.4 Å². The third-order valence-corrected chi connectivity index (χ3v) is 8.21. The van der Waals surface area contributed by atoms with Crippen LogP contribution in [0, 0.1) is 17.3 Å². The topological polar surface area (TPSA) is 131 Å². The molecule has 0 aromatic rings. The van der Waals surface area contributed by atoms with Gasteiger partial charge in [0.25, 0.3) is 0 Å². The molecule has 4 N–H and O–H groups in total. The minimum atomic E-state index is -1.03. The highest BCUT2D eigenvalue weighted by molar-refractivity contribution is 5.83. The van der Waals surface area contributed by atoms with Gasteiger partial charge in [-0.15, -0.1) is 0 Å². The maximum atomic E-state index is 13.3. The van der Waals surface area contributed by atoms with Crippen molar-refractivity contribution >= 4 is 17.9 Å². The van der Waals surface area contributed by atoms with Gasteiger partial charge in [-0.3, -0.25) is 9.59 Å². The number of nitrogens with zero attached hydrogens (tertiary/aromatic N) is 1. The molecule has 9 heteroatoms. The Balaban J connectivity index is 2.39. The fourth-order valence-electron chi connectivity index (χ4n) is 6.12. The van der Waals surface area contributed by atoms with Gasteiger partial charge in [0.2, 0.25) is 5.91 Å². The first-order valence-corrected chi connectivity index (χ1v) is 14.1. The Bertz CT molecular complexity index is 791. The molecule has 2 fully saturated rings. The predicted octanol–water partition coefficient (Wildman–Crippen LogP) is 4.67. The van der Waals surface area contributed by atoms with Crippen molar-refractivity contribution in [3.8, 4) is 0 Å². The molecule has 0 aromatic heterocycles. The molecule has 0 aromatic carbocycles. The quantitative estimate of drug-likeness (QED) is 0.317. The average molecular weight is 526 g/mol. The number of carbonyl (C=O) groups is 3. The zero-order valence-electron chi connectivity index (χ0n) is 24.1. The lowest BCUT2D eigenvalue weighted by Crippen LogP contribution is -2.66. The van der Waals surface area contributed by atoms with Crippen LogP contribution in [0.4, 0.5) is 4.79 Å². The summed E-state index contributed by atoms with van der Waals surface area (Å²) in [5.41, 5.74) is 4.50. The fraction of sp³-hybridized carbons (Fsp3) is 0.893. The van der Waals surface area contributed by atoms with Crippen LogP contribution in [0.1, 0.15) is 106 Å². The first kappa shape index (κ1) is 31.3. The van der Waals surface area contributed by atoms with Gasteiger partial charge in [0, 0.05) is 18.0 Å². The highest BCUT2D eigenvalue weighted by Crippen LogP contribution is 2.43. The highest BCUT2D eigenvalue weighted by Gasteiger charge is 2.53. The molecule has 0 bridgehead atoms. The number of carboxylic acid groups (broad SMARTS) is 1. The minimum Gasteiger partial charge on any atom is -0.481 e. The summed E-state index contributed by atoms with van der Waals surface area (Å²) >= 11 is 0. The standard InChI is InChI=1S/C28H51N3O6/c1-8-9-11-14-21(19(2)3)31(25(29)35)28(15-12-10-13-16-28)20(24(33)34)17-30-23(32)22-26(4,5)18-36-27(6,7)37-22/h19-22H,8-18H2,1-7H3,(H2,29,35)(H,30,32)(H,33,34). The summed E-state index contributed by atoms with van der Waals surface area (Å²) in [7, 11) is 0. The molecule has 1 saturated carbocycles. The number of hydrogen-bond acceptors (Lipinski definition) is 5. The second-order valence-corrected chi connectivity index (χ2v) is 12.5. The van der Waals surface area contributed by atoms with E-state index in [1.165, 1.54) is 0 Å². The van der Waals surface area contributed by atoms with E-state index >= 15 is 0 Å². The Morgan fingerprint density at radius 1 is 1.08 bits per heavy atom. The molecule has 1 saturated heterocycles. The molecule has 1 heterocycles. The normalized spacial score (nSPS) is 24.2. The fourth-order valence-corrected chi connectivity index (χ4v) is 6.12. The van der Waals surface area contributed by atoms with Crippen LogP contribution in [0.3, 0.4) is 0 Å².